The van der Waals surface area contributed by atoms with Crippen molar-refractivity contribution in [2.24, 2.45) is 0 Å². The molecular weight excluding hydrogens is 222 g/mol. The van der Waals surface area contributed by atoms with Gasteiger partial charge in [-0.3, -0.25) is 9.69 Å². The number of ether oxygens (including phenoxy) is 2. The van der Waals surface area contributed by atoms with E-state index in [1.54, 1.807) is 6.92 Å². The van der Waals surface area contributed by atoms with Crippen LogP contribution in [0.5, 0.6) is 5.75 Å². The van der Waals surface area contributed by atoms with Gasteiger partial charge in [0, 0.05) is 25.7 Å². The summed E-state index contributed by atoms with van der Waals surface area (Å²) < 4.78 is 15.9. The summed E-state index contributed by atoms with van der Waals surface area (Å²) in [6.45, 7) is 6.41. The second-order valence-electron chi connectivity index (χ2n) is 3.97. The van der Waals surface area contributed by atoms with Crippen LogP contribution < -0.4 is 10.2 Å². The molecule has 0 bridgehead atoms. The number of hydrogen-bond donors (Lipinski definition) is 0. The second-order valence-corrected chi connectivity index (χ2v) is 3.97. The Balaban J connectivity index is 1.83. The molecule has 0 aromatic carbocycles. The van der Waals surface area contributed by atoms with Gasteiger partial charge in [0.25, 0.3) is 0 Å². The Labute approximate surface area is 99.9 Å². The normalized spacial score (nSPS) is 17.0. The van der Waals surface area contributed by atoms with Crippen LogP contribution in [0.2, 0.25) is 0 Å². The van der Waals surface area contributed by atoms with Crippen LogP contribution >= 0.6 is 0 Å². The lowest BCUT2D eigenvalue weighted by Gasteiger charge is -2.26. The molecule has 0 unspecified atom stereocenters. The average molecular weight is 239 g/mol. The third-order valence-electron chi connectivity index (χ3n) is 2.77. The molecule has 0 N–H and O–H groups in total. The van der Waals surface area contributed by atoms with E-state index >= 15 is 0 Å². The van der Waals surface area contributed by atoms with Gasteiger partial charge in [-0.15, -0.1) is 0 Å². The molecule has 0 aliphatic carbocycles. The first-order chi connectivity index (χ1) is 8.27. The van der Waals surface area contributed by atoms with Gasteiger partial charge in [0.15, 0.2) is 0 Å². The van der Waals surface area contributed by atoms with E-state index in [1.165, 1.54) is 12.3 Å². The smallest absolute Gasteiger partial charge is 0.226 e. The molecule has 5 heteroatoms. The summed E-state index contributed by atoms with van der Waals surface area (Å²) in [5, 5.41) is 0. The number of hydrogen-bond acceptors (Lipinski definition) is 5. The largest absolute Gasteiger partial charge is 0.485 e. The minimum Gasteiger partial charge on any atom is -0.485 e. The molecule has 1 aromatic rings. The first kappa shape index (κ1) is 12.1. The van der Waals surface area contributed by atoms with Crippen molar-refractivity contribution in [3.8, 4) is 5.75 Å². The lowest BCUT2D eigenvalue weighted by Crippen LogP contribution is -2.38. The van der Waals surface area contributed by atoms with E-state index in [1.807, 2.05) is 0 Å². The molecule has 0 atom stereocenters. The Morgan fingerprint density at radius 1 is 1.41 bits per heavy atom. The van der Waals surface area contributed by atoms with E-state index in [9.17, 15) is 4.79 Å². The average Bonchev–Trinajstić information content (AvgIpc) is 2.34. The molecule has 1 aliphatic rings. The van der Waals surface area contributed by atoms with Gasteiger partial charge in [-0.05, 0) is 6.92 Å². The van der Waals surface area contributed by atoms with E-state index in [0.717, 1.165) is 32.8 Å². The second kappa shape index (κ2) is 5.84. The standard InChI is InChI=1S/C12H17NO4/c1-10-12(11(14)2-6-16-10)17-9-5-13-3-7-15-8-4-13/h2,6H,3-5,7-9H2,1H3. The van der Waals surface area contributed by atoms with Gasteiger partial charge in [0.2, 0.25) is 11.2 Å². The lowest BCUT2D eigenvalue weighted by atomic mass is 10.3. The van der Waals surface area contributed by atoms with Crippen molar-refractivity contribution >= 4 is 0 Å². The van der Waals surface area contributed by atoms with E-state index in [0.29, 0.717) is 18.1 Å². The van der Waals surface area contributed by atoms with E-state index in [4.69, 9.17) is 13.9 Å². The summed E-state index contributed by atoms with van der Waals surface area (Å²) in [5.41, 5.74) is -0.129. The topological polar surface area (TPSA) is 51.9 Å². The number of nitrogens with zero attached hydrogens (tertiary/aromatic N) is 1. The zero-order valence-corrected chi connectivity index (χ0v) is 9.98. The third-order valence-corrected chi connectivity index (χ3v) is 2.77. The van der Waals surface area contributed by atoms with Crippen LogP contribution in [0, 0.1) is 6.92 Å². The first-order valence-electron chi connectivity index (χ1n) is 5.78. The molecule has 94 valence electrons. The molecule has 17 heavy (non-hydrogen) atoms. The molecule has 1 fully saturated rings. The quantitative estimate of drug-likeness (QED) is 0.772. The van der Waals surface area contributed by atoms with Gasteiger partial charge in [0.1, 0.15) is 12.4 Å². The van der Waals surface area contributed by atoms with Crippen molar-refractivity contribution in [1.29, 1.82) is 0 Å². The van der Waals surface area contributed by atoms with Crippen molar-refractivity contribution in [1.82, 2.24) is 4.90 Å². The highest BCUT2D eigenvalue weighted by Crippen LogP contribution is 2.10. The fraction of sp³-hybridized carbons (Fsp3) is 0.583. The first-order valence-corrected chi connectivity index (χ1v) is 5.78. The van der Waals surface area contributed by atoms with Gasteiger partial charge in [-0.25, -0.2) is 0 Å². The minimum absolute atomic E-state index is 0.129. The number of rotatable bonds is 4. The monoisotopic (exact) mass is 239 g/mol. The number of aryl methyl sites for hydroxylation is 1. The summed E-state index contributed by atoms with van der Waals surface area (Å²) in [4.78, 5) is 13.8. The zero-order chi connectivity index (χ0) is 12.1. The predicted octanol–water partition coefficient (Wildman–Crippen LogP) is 0.659. The van der Waals surface area contributed by atoms with Crippen molar-refractivity contribution in [2.75, 3.05) is 39.5 Å². The van der Waals surface area contributed by atoms with Crippen LogP contribution in [-0.4, -0.2) is 44.4 Å². The highest BCUT2D eigenvalue weighted by molar-refractivity contribution is 5.22. The van der Waals surface area contributed by atoms with Crippen molar-refractivity contribution in [3.05, 3.63) is 28.3 Å². The Morgan fingerprint density at radius 3 is 2.88 bits per heavy atom. The Bertz CT molecular complexity index is 409. The van der Waals surface area contributed by atoms with Gasteiger partial charge in [0.05, 0.1) is 19.5 Å². The van der Waals surface area contributed by atoms with Crippen molar-refractivity contribution in [2.45, 2.75) is 6.92 Å². The van der Waals surface area contributed by atoms with Gasteiger partial charge in [-0.2, -0.15) is 0 Å². The van der Waals surface area contributed by atoms with Crippen LogP contribution in [0.1, 0.15) is 5.76 Å². The molecule has 0 saturated carbocycles. The lowest BCUT2D eigenvalue weighted by molar-refractivity contribution is 0.0320. The Hall–Kier alpha value is -1.33. The third kappa shape index (κ3) is 3.31. The van der Waals surface area contributed by atoms with Crippen molar-refractivity contribution < 1.29 is 13.9 Å². The number of morpholine rings is 1. The molecule has 2 heterocycles. The van der Waals surface area contributed by atoms with E-state index in [2.05, 4.69) is 4.90 Å². The highest BCUT2D eigenvalue weighted by atomic mass is 16.5. The maximum absolute atomic E-state index is 11.5. The molecular formula is C12H17NO4. The molecule has 1 aliphatic heterocycles. The Morgan fingerprint density at radius 2 is 2.18 bits per heavy atom. The molecule has 1 aromatic heterocycles. The maximum Gasteiger partial charge on any atom is 0.226 e. The van der Waals surface area contributed by atoms with E-state index in [-0.39, 0.29) is 5.43 Å². The van der Waals surface area contributed by atoms with Crippen LogP contribution in [0.15, 0.2) is 21.5 Å². The summed E-state index contributed by atoms with van der Waals surface area (Å²) in [6, 6.07) is 1.37. The minimum atomic E-state index is -0.129. The van der Waals surface area contributed by atoms with Crippen LogP contribution in [0.25, 0.3) is 0 Å². The molecule has 0 radical (unpaired) electrons. The van der Waals surface area contributed by atoms with E-state index < -0.39 is 0 Å². The fourth-order valence-corrected chi connectivity index (χ4v) is 1.77. The SMILES string of the molecule is Cc1occc(=O)c1OCCN1CCOCC1. The molecule has 2 rings (SSSR count). The molecule has 0 spiro atoms. The predicted molar refractivity (Wildman–Crippen MR) is 62.5 cm³/mol. The summed E-state index contributed by atoms with van der Waals surface area (Å²) in [6.07, 6.45) is 1.38. The summed E-state index contributed by atoms with van der Waals surface area (Å²) in [5.74, 6) is 0.847. The maximum atomic E-state index is 11.5. The summed E-state index contributed by atoms with van der Waals surface area (Å²) in [7, 11) is 0. The fourth-order valence-electron chi connectivity index (χ4n) is 1.77. The summed E-state index contributed by atoms with van der Waals surface area (Å²) >= 11 is 0. The van der Waals surface area contributed by atoms with Gasteiger partial charge < -0.3 is 13.9 Å². The molecule has 0 amide bonds. The van der Waals surface area contributed by atoms with Gasteiger partial charge in [-0.1, -0.05) is 0 Å². The molecule has 1 saturated heterocycles. The molecule has 5 nitrogen and oxygen atoms in total. The van der Waals surface area contributed by atoms with Crippen molar-refractivity contribution in [3.63, 3.8) is 0 Å². The van der Waals surface area contributed by atoms with Crippen LogP contribution in [0.4, 0.5) is 0 Å². The zero-order valence-electron chi connectivity index (χ0n) is 9.98. The van der Waals surface area contributed by atoms with Crippen LogP contribution in [-0.2, 0) is 4.74 Å². The Kier molecular flexibility index (Phi) is 4.17. The van der Waals surface area contributed by atoms with Gasteiger partial charge >= 0.3 is 0 Å². The van der Waals surface area contributed by atoms with Crippen LogP contribution in [0.3, 0.4) is 0 Å². The highest BCUT2D eigenvalue weighted by Gasteiger charge is 2.11.